The fraction of sp³-hybridized carbons (Fsp3) is 0.435. The van der Waals surface area contributed by atoms with E-state index in [1.54, 1.807) is 17.3 Å². The Morgan fingerprint density at radius 1 is 1.32 bits per heavy atom. The van der Waals surface area contributed by atoms with Crippen LogP contribution < -0.4 is 4.74 Å². The number of aromatic amines is 1. The number of aromatic nitrogens is 3. The number of benzene rings is 1. The molecule has 0 saturated carbocycles. The number of nitrogens with one attached hydrogen (secondary N) is 1. The highest BCUT2D eigenvalue weighted by molar-refractivity contribution is 5.89. The predicted molar refractivity (Wildman–Crippen MR) is 117 cm³/mol. The molecular formula is C23H28N4O4. The third kappa shape index (κ3) is 5.32. The van der Waals surface area contributed by atoms with Crippen LogP contribution in [0.5, 0.6) is 5.75 Å². The van der Waals surface area contributed by atoms with E-state index in [1.807, 2.05) is 51.2 Å². The maximum atomic E-state index is 12.5. The quantitative estimate of drug-likeness (QED) is 0.680. The predicted octanol–water partition coefficient (Wildman–Crippen LogP) is 4.03. The smallest absolute Gasteiger partial charge is 0.410 e. The summed E-state index contributed by atoms with van der Waals surface area (Å²) in [5.41, 5.74) is 2.23. The maximum absolute atomic E-state index is 12.5. The van der Waals surface area contributed by atoms with Gasteiger partial charge in [0.2, 0.25) is 0 Å². The van der Waals surface area contributed by atoms with Gasteiger partial charge >= 0.3 is 6.09 Å². The molecule has 8 heteroatoms. The molecular weight excluding hydrogens is 396 g/mol. The molecule has 2 aromatic heterocycles. The molecule has 1 N–H and O–H groups in total. The number of rotatable bonds is 4. The summed E-state index contributed by atoms with van der Waals surface area (Å²) in [6.45, 7) is 7.52. The average molecular weight is 425 g/mol. The van der Waals surface area contributed by atoms with Gasteiger partial charge in [-0.1, -0.05) is 0 Å². The first kappa shape index (κ1) is 21.1. The molecule has 3 heterocycles. The van der Waals surface area contributed by atoms with E-state index in [2.05, 4.69) is 15.2 Å². The van der Waals surface area contributed by atoms with E-state index in [-0.39, 0.29) is 12.2 Å². The Labute approximate surface area is 181 Å². The molecule has 8 nitrogen and oxygen atoms in total. The molecule has 1 aliphatic heterocycles. The molecule has 31 heavy (non-hydrogen) atoms. The number of carbonyl (C=O) groups excluding carboxylic acids is 1. The Hall–Kier alpha value is -3.13. The zero-order valence-corrected chi connectivity index (χ0v) is 18.1. The van der Waals surface area contributed by atoms with Gasteiger partial charge < -0.3 is 19.1 Å². The van der Waals surface area contributed by atoms with Crippen molar-refractivity contribution in [1.29, 1.82) is 0 Å². The maximum Gasteiger partial charge on any atom is 0.410 e. The van der Waals surface area contributed by atoms with Crippen molar-refractivity contribution in [2.45, 2.75) is 38.9 Å². The zero-order chi connectivity index (χ0) is 21.8. The normalized spacial score (nSPS) is 17.4. The van der Waals surface area contributed by atoms with E-state index in [4.69, 9.17) is 14.2 Å². The Bertz CT molecular complexity index is 1030. The van der Waals surface area contributed by atoms with Gasteiger partial charge in [0.25, 0.3) is 0 Å². The number of ether oxygens (including phenoxy) is 3. The molecule has 1 saturated heterocycles. The van der Waals surface area contributed by atoms with Crippen LogP contribution in [-0.2, 0) is 9.47 Å². The van der Waals surface area contributed by atoms with Crippen LogP contribution in [-0.4, -0.2) is 64.2 Å². The number of nitrogens with zero attached hydrogens (tertiary/aromatic N) is 3. The molecule has 1 aliphatic rings. The van der Waals surface area contributed by atoms with E-state index in [0.717, 1.165) is 34.2 Å². The largest absolute Gasteiger partial charge is 0.490 e. The van der Waals surface area contributed by atoms with Gasteiger partial charge in [-0.15, -0.1) is 0 Å². The Morgan fingerprint density at radius 3 is 2.97 bits per heavy atom. The summed E-state index contributed by atoms with van der Waals surface area (Å²) < 4.78 is 17.7. The van der Waals surface area contributed by atoms with Crippen LogP contribution in [0.2, 0.25) is 0 Å². The van der Waals surface area contributed by atoms with Crippen LogP contribution in [0.3, 0.4) is 0 Å². The first-order chi connectivity index (χ1) is 14.9. The molecule has 0 unspecified atom stereocenters. The van der Waals surface area contributed by atoms with Gasteiger partial charge in [0.05, 0.1) is 18.3 Å². The Balaban J connectivity index is 1.51. The minimum absolute atomic E-state index is 0.251. The molecule has 0 aliphatic carbocycles. The van der Waals surface area contributed by atoms with Crippen molar-refractivity contribution >= 4 is 17.0 Å². The molecule has 0 spiro atoms. The topological polar surface area (TPSA) is 89.6 Å². The molecule has 1 amide bonds. The Morgan fingerprint density at radius 2 is 2.19 bits per heavy atom. The van der Waals surface area contributed by atoms with Gasteiger partial charge in [-0.25, -0.2) is 4.79 Å². The highest BCUT2D eigenvalue weighted by Crippen LogP contribution is 2.31. The third-order valence-corrected chi connectivity index (χ3v) is 4.94. The SMILES string of the molecule is CC(C)(C)OC(=O)N1CCCO[C@H](COc2cc(-c3cn[nH]c3)cc3ncccc23)C1. The Kier molecular flexibility index (Phi) is 6.08. The van der Waals surface area contributed by atoms with E-state index in [9.17, 15) is 4.79 Å². The number of fused-ring (bicyclic) bond motifs is 1. The summed E-state index contributed by atoms with van der Waals surface area (Å²) in [7, 11) is 0. The van der Waals surface area contributed by atoms with Gasteiger partial charge in [-0.3, -0.25) is 10.1 Å². The molecule has 164 valence electrons. The number of hydrogen-bond acceptors (Lipinski definition) is 6. The first-order valence-corrected chi connectivity index (χ1v) is 10.5. The van der Waals surface area contributed by atoms with Crippen LogP contribution in [0.1, 0.15) is 27.2 Å². The van der Waals surface area contributed by atoms with Crippen molar-refractivity contribution in [3.05, 3.63) is 42.9 Å². The van der Waals surface area contributed by atoms with Crippen molar-refractivity contribution in [2.24, 2.45) is 0 Å². The standard InChI is InChI=1S/C23H28N4O4/c1-23(2,3)31-22(28)27-8-5-9-29-18(14-27)15-30-21-11-16(17-12-25-26-13-17)10-20-19(21)6-4-7-24-20/h4,6-7,10-13,18H,5,8-9,14-15H2,1-3H3,(H,25,26)/t18-/m0/s1. The van der Waals surface area contributed by atoms with E-state index >= 15 is 0 Å². The third-order valence-electron chi connectivity index (χ3n) is 4.94. The van der Waals surface area contributed by atoms with Gasteiger partial charge in [-0.05, 0) is 57.0 Å². The minimum atomic E-state index is -0.532. The minimum Gasteiger partial charge on any atom is -0.490 e. The summed E-state index contributed by atoms with van der Waals surface area (Å²) in [6.07, 6.45) is 5.55. The number of hydrogen-bond donors (Lipinski definition) is 1. The molecule has 1 aromatic carbocycles. The van der Waals surface area contributed by atoms with Crippen molar-refractivity contribution in [1.82, 2.24) is 20.1 Å². The second-order valence-electron chi connectivity index (χ2n) is 8.62. The molecule has 1 fully saturated rings. The lowest BCUT2D eigenvalue weighted by molar-refractivity contribution is 0.00304. The van der Waals surface area contributed by atoms with Gasteiger partial charge in [0.1, 0.15) is 24.1 Å². The van der Waals surface area contributed by atoms with Crippen LogP contribution in [0.15, 0.2) is 42.9 Å². The van der Waals surface area contributed by atoms with Gasteiger partial charge in [-0.2, -0.15) is 5.10 Å². The summed E-state index contributed by atoms with van der Waals surface area (Å²) in [5, 5.41) is 7.79. The van der Waals surface area contributed by atoms with Crippen LogP contribution in [0.4, 0.5) is 4.79 Å². The number of pyridine rings is 1. The van der Waals surface area contributed by atoms with Crippen LogP contribution in [0.25, 0.3) is 22.0 Å². The highest BCUT2D eigenvalue weighted by Gasteiger charge is 2.27. The van der Waals surface area contributed by atoms with E-state index < -0.39 is 5.60 Å². The average Bonchev–Trinajstić information content (AvgIpc) is 3.16. The van der Waals surface area contributed by atoms with Crippen LogP contribution in [0, 0.1) is 0 Å². The van der Waals surface area contributed by atoms with Crippen molar-refractivity contribution in [2.75, 3.05) is 26.3 Å². The second-order valence-corrected chi connectivity index (χ2v) is 8.62. The van der Waals surface area contributed by atoms with Crippen LogP contribution >= 0.6 is 0 Å². The second kappa shape index (κ2) is 8.93. The van der Waals surface area contributed by atoms with E-state index in [1.165, 1.54) is 0 Å². The summed E-state index contributed by atoms with van der Waals surface area (Å²) in [6, 6.07) is 7.87. The lowest BCUT2D eigenvalue weighted by Gasteiger charge is -2.28. The van der Waals surface area contributed by atoms with Crippen molar-refractivity contribution in [3.8, 4) is 16.9 Å². The monoisotopic (exact) mass is 424 g/mol. The fourth-order valence-electron chi connectivity index (χ4n) is 3.51. The molecule has 4 rings (SSSR count). The van der Waals surface area contributed by atoms with Crippen molar-refractivity contribution < 1.29 is 19.0 Å². The van der Waals surface area contributed by atoms with Gasteiger partial charge in [0, 0.05) is 36.5 Å². The fourth-order valence-corrected chi connectivity index (χ4v) is 3.51. The summed E-state index contributed by atoms with van der Waals surface area (Å²) in [4.78, 5) is 18.7. The summed E-state index contributed by atoms with van der Waals surface area (Å²) >= 11 is 0. The zero-order valence-electron chi connectivity index (χ0n) is 18.1. The highest BCUT2D eigenvalue weighted by atomic mass is 16.6. The molecule has 1 atom stereocenters. The summed E-state index contributed by atoms with van der Waals surface area (Å²) in [5.74, 6) is 0.721. The lowest BCUT2D eigenvalue weighted by atomic mass is 10.1. The lowest BCUT2D eigenvalue weighted by Crippen LogP contribution is -2.42. The number of carbonyl (C=O) groups is 1. The molecule has 3 aromatic rings. The first-order valence-electron chi connectivity index (χ1n) is 10.5. The van der Waals surface area contributed by atoms with E-state index in [0.29, 0.717) is 26.3 Å². The van der Waals surface area contributed by atoms with Gasteiger partial charge in [0.15, 0.2) is 0 Å². The molecule has 0 radical (unpaired) electrons. The number of H-pyrrole nitrogens is 1. The molecule has 0 bridgehead atoms. The number of amides is 1. The van der Waals surface area contributed by atoms with Crippen molar-refractivity contribution in [3.63, 3.8) is 0 Å².